The van der Waals surface area contributed by atoms with Crippen LogP contribution in [0.15, 0.2) is 11.1 Å². The van der Waals surface area contributed by atoms with E-state index in [4.69, 9.17) is 0 Å². The first-order valence-electron chi connectivity index (χ1n) is 4.31. The van der Waals surface area contributed by atoms with Crippen LogP contribution in [0.2, 0.25) is 0 Å². The first-order valence-corrected chi connectivity index (χ1v) is 4.31. The summed E-state index contributed by atoms with van der Waals surface area (Å²) in [6.45, 7) is 7.12. The van der Waals surface area contributed by atoms with Crippen LogP contribution in [0.1, 0.15) is 40.0 Å². The Hall–Kier alpha value is 0.376. The van der Waals surface area contributed by atoms with Crippen LogP contribution < -0.4 is 0 Å². The van der Waals surface area contributed by atoms with Gasteiger partial charge in [0.25, 0.3) is 0 Å². The molecule has 0 heterocycles. The van der Waals surface area contributed by atoms with Gasteiger partial charge in [-0.25, -0.2) is 0 Å². The van der Waals surface area contributed by atoms with Crippen molar-refractivity contribution in [1.29, 1.82) is 0 Å². The van der Waals surface area contributed by atoms with Gasteiger partial charge < -0.3 is 0 Å². The van der Waals surface area contributed by atoms with Crippen molar-refractivity contribution >= 4 is 19.8 Å². The molecule has 0 nitrogen and oxygen atoms in total. The van der Waals surface area contributed by atoms with E-state index in [1.165, 1.54) is 19.3 Å². The van der Waals surface area contributed by atoms with Crippen LogP contribution in [0.3, 0.4) is 0 Å². The minimum atomic E-state index is 0. The minimum absolute atomic E-state index is 0. The Kier molecular flexibility index (Phi) is 2.32. The molecule has 0 aromatic carbocycles. The van der Waals surface area contributed by atoms with Crippen molar-refractivity contribution in [3.05, 3.63) is 11.1 Å². The van der Waals surface area contributed by atoms with Gasteiger partial charge in [0.2, 0.25) is 0 Å². The maximum absolute atomic E-state index is 2.40. The summed E-state index contributed by atoms with van der Waals surface area (Å²) in [7, 11) is 0. The first kappa shape index (κ1) is 9.46. The van der Waals surface area contributed by atoms with E-state index in [-0.39, 0.29) is 19.8 Å². The number of rotatable bonds is 0. The quantitative estimate of drug-likeness (QED) is 0.422. The van der Waals surface area contributed by atoms with E-state index < -0.39 is 0 Å². The Labute approximate surface area is 82.5 Å². The molecule has 59 valence electrons. The molecule has 1 saturated carbocycles. The van der Waals surface area contributed by atoms with Gasteiger partial charge in [-0.05, 0) is 37.5 Å². The van der Waals surface area contributed by atoms with E-state index in [0.717, 1.165) is 5.92 Å². The van der Waals surface area contributed by atoms with Crippen LogP contribution in [0.4, 0.5) is 0 Å². The molecular formula is C10H16Ga. The first-order chi connectivity index (χ1) is 4.62. The smallest absolute Gasteiger partial charge is 0 e. The predicted octanol–water partition coefficient (Wildman–Crippen LogP) is 2.76. The second-order valence-electron chi connectivity index (χ2n) is 4.42. The zero-order valence-corrected chi connectivity index (χ0v) is 10.2. The minimum Gasteiger partial charge on any atom is -0.0735 e. The van der Waals surface area contributed by atoms with Gasteiger partial charge in [0.05, 0.1) is 0 Å². The zero-order valence-electron chi connectivity index (χ0n) is 7.78. The molecule has 0 aromatic rings. The van der Waals surface area contributed by atoms with Crippen LogP contribution >= 0.6 is 0 Å². The summed E-state index contributed by atoms with van der Waals surface area (Å²) in [5.74, 6) is 1.02. The summed E-state index contributed by atoms with van der Waals surface area (Å²) >= 11 is 0. The fourth-order valence-electron chi connectivity index (χ4n) is 2.61. The Bertz CT molecular complexity index is 201. The summed E-state index contributed by atoms with van der Waals surface area (Å²) in [4.78, 5) is 0. The molecule has 0 amide bonds. The van der Waals surface area contributed by atoms with Crippen molar-refractivity contribution in [2.45, 2.75) is 40.0 Å². The van der Waals surface area contributed by atoms with Gasteiger partial charge in [0.1, 0.15) is 0 Å². The molecule has 3 rings (SSSR count). The Morgan fingerprint density at radius 2 is 2.00 bits per heavy atom. The summed E-state index contributed by atoms with van der Waals surface area (Å²) in [5.41, 5.74) is 4.04. The Balaban J connectivity index is 0.000000605. The summed E-state index contributed by atoms with van der Waals surface area (Å²) < 4.78 is 0. The molecular weight excluding hydrogens is 190 g/mol. The van der Waals surface area contributed by atoms with E-state index in [1.54, 1.807) is 11.1 Å². The van der Waals surface area contributed by atoms with E-state index in [9.17, 15) is 0 Å². The third kappa shape index (κ3) is 1.13. The molecule has 1 fully saturated rings. The van der Waals surface area contributed by atoms with E-state index in [2.05, 4.69) is 20.8 Å². The second kappa shape index (κ2) is 2.70. The molecule has 0 N–H and O–H groups in total. The predicted molar refractivity (Wildman–Crippen MR) is 49.6 cm³/mol. The Morgan fingerprint density at radius 1 is 1.36 bits per heavy atom. The van der Waals surface area contributed by atoms with Gasteiger partial charge in [-0.3, -0.25) is 0 Å². The molecule has 0 aromatic heterocycles. The van der Waals surface area contributed by atoms with E-state index >= 15 is 0 Å². The molecule has 3 radical (unpaired) electrons. The standard InChI is InChI=1S/C10H16.Ga/c1-7-4-5-8-6-9(7)10(8,2)3;/h8H,4-6H2,1-3H3;. The van der Waals surface area contributed by atoms with Crippen LogP contribution in [0.25, 0.3) is 0 Å². The van der Waals surface area contributed by atoms with Gasteiger partial charge in [-0.1, -0.05) is 25.0 Å². The molecule has 11 heavy (non-hydrogen) atoms. The average molecular weight is 206 g/mol. The van der Waals surface area contributed by atoms with Crippen molar-refractivity contribution in [3.8, 4) is 0 Å². The molecule has 1 heteroatoms. The van der Waals surface area contributed by atoms with Gasteiger partial charge in [0, 0.05) is 19.8 Å². The zero-order chi connectivity index (χ0) is 7.35. The third-order valence-electron chi connectivity index (χ3n) is 3.63. The van der Waals surface area contributed by atoms with Gasteiger partial charge in [0.15, 0.2) is 0 Å². The average Bonchev–Trinajstić information content (AvgIpc) is 1.87. The van der Waals surface area contributed by atoms with Gasteiger partial charge >= 0.3 is 0 Å². The molecule has 0 saturated heterocycles. The third-order valence-corrected chi connectivity index (χ3v) is 3.63. The molecule has 3 aliphatic carbocycles. The summed E-state index contributed by atoms with van der Waals surface area (Å²) in [5, 5.41) is 0. The molecule has 2 bridgehead atoms. The second-order valence-corrected chi connectivity index (χ2v) is 4.42. The van der Waals surface area contributed by atoms with Crippen LogP contribution in [-0.2, 0) is 0 Å². The number of fused-ring (bicyclic) bond motifs is 2. The largest absolute Gasteiger partial charge is 0.0735 e. The fourth-order valence-corrected chi connectivity index (χ4v) is 2.61. The normalized spacial score (nSPS) is 32.5. The van der Waals surface area contributed by atoms with Crippen molar-refractivity contribution < 1.29 is 0 Å². The van der Waals surface area contributed by atoms with Crippen molar-refractivity contribution in [3.63, 3.8) is 0 Å². The van der Waals surface area contributed by atoms with Crippen molar-refractivity contribution in [2.75, 3.05) is 0 Å². The summed E-state index contributed by atoms with van der Waals surface area (Å²) in [6.07, 6.45) is 4.24. The molecule has 3 aliphatic rings. The molecule has 0 spiro atoms. The van der Waals surface area contributed by atoms with Crippen molar-refractivity contribution in [1.82, 2.24) is 0 Å². The Morgan fingerprint density at radius 3 is 2.27 bits per heavy atom. The van der Waals surface area contributed by atoms with Gasteiger partial charge in [-0.2, -0.15) is 0 Å². The number of hydrogen-bond acceptors (Lipinski definition) is 0. The topological polar surface area (TPSA) is 0 Å². The van der Waals surface area contributed by atoms with E-state index in [0.29, 0.717) is 5.41 Å². The van der Waals surface area contributed by atoms with Crippen LogP contribution in [0, 0.1) is 11.3 Å². The number of hydrogen-bond donors (Lipinski definition) is 0. The van der Waals surface area contributed by atoms with Crippen LogP contribution in [0.5, 0.6) is 0 Å². The molecule has 1 atom stereocenters. The maximum Gasteiger partial charge on any atom is 0 e. The maximum atomic E-state index is 2.40. The SMILES string of the molecule is CC1=C2CC(CC1)C2(C)C.[Ga]. The van der Waals surface area contributed by atoms with Crippen LogP contribution in [-0.4, -0.2) is 19.8 Å². The molecule has 1 unspecified atom stereocenters. The van der Waals surface area contributed by atoms with Crippen molar-refractivity contribution in [2.24, 2.45) is 11.3 Å². The number of allylic oxidation sites excluding steroid dienone is 2. The fraction of sp³-hybridized carbons (Fsp3) is 0.800. The monoisotopic (exact) mass is 205 g/mol. The van der Waals surface area contributed by atoms with Gasteiger partial charge in [-0.15, -0.1) is 0 Å². The summed E-state index contributed by atoms with van der Waals surface area (Å²) in [6, 6.07) is 0. The molecule has 0 aliphatic heterocycles. The van der Waals surface area contributed by atoms with E-state index in [1.807, 2.05) is 0 Å².